The summed E-state index contributed by atoms with van der Waals surface area (Å²) in [6, 6.07) is 1.78. The maximum Gasteiger partial charge on any atom is 0.274 e. The molecule has 1 spiro atoms. The first-order valence-electron chi connectivity index (χ1n) is 9.71. The first-order valence-corrected chi connectivity index (χ1v) is 9.71. The van der Waals surface area contributed by atoms with Crippen molar-refractivity contribution in [1.29, 1.82) is 0 Å². The molecule has 150 valence electrons. The molecule has 0 saturated carbocycles. The molecule has 2 aliphatic rings. The predicted octanol–water partition coefficient (Wildman–Crippen LogP) is 1.16. The molecule has 8 nitrogen and oxygen atoms in total. The zero-order chi connectivity index (χ0) is 19.4. The lowest BCUT2D eigenvalue weighted by Crippen LogP contribution is -2.52. The topological polar surface area (TPSA) is 76.9 Å². The number of carbonyl (C=O) groups is 2. The van der Waals surface area contributed by atoms with Gasteiger partial charge in [0.2, 0.25) is 5.91 Å². The molecule has 8 heteroatoms. The summed E-state index contributed by atoms with van der Waals surface area (Å²) in [6.07, 6.45) is 5.02. The van der Waals surface area contributed by atoms with Gasteiger partial charge < -0.3 is 19.3 Å². The van der Waals surface area contributed by atoms with Crippen LogP contribution < -0.4 is 0 Å². The third-order valence-corrected chi connectivity index (χ3v) is 5.53. The predicted molar refractivity (Wildman–Crippen MR) is 99.4 cm³/mol. The lowest BCUT2D eigenvalue weighted by molar-refractivity contribution is -0.160. The number of piperidine rings is 1. The number of carbonyl (C=O) groups excluding carboxylic acids is 2. The van der Waals surface area contributed by atoms with Gasteiger partial charge in [-0.1, -0.05) is 0 Å². The van der Waals surface area contributed by atoms with E-state index in [1.165, 1.54) is 0 Å². The second-order valence-electron chi connectivity index (χ2n) is 7.59. The minimum Gasteiger partial charge on any atom is -0.375 e. The van der Waals surface area contributed by atoms with Gasteiger partial charge in [0.25, 0.3) is 5.91 Å². The molecule has 2 aliphatic heterocycles. The van der Waals surface area contributed by atoms with Crippen molar-refractivity contribution in [2.75, 3.05) is 40.4 Å². The van der Waals surface area contributed by atoms with Crippen LogP contribution in [-0.4, -0.2) is 83.5 Å². The molecular formula is C19H30N4O4. The van der Waals surface area contributed by atoms with E-state index in [-0.39, 0.29) is 30.1 Å². The molecule has 1 atom stereocenters. The largest absolute Gasteiger partial charge is 0.375 e. The Hall–Kier alpha value is -1.93. The van der Waals surface area contributed by atoms with Gasteiger partial charge in [-0.25, -0.2) is 0 Å². The van der Waals surface area contributed by atoms with Crippen LogP contribution in [0.15, 0.2) is 12.3 Å². The zero-order valence-corrected chi connectivity index (χ0v) is 16.5. The number of aryl methyl sites for hydroxylation is 1. The van der Waals surface area contributed by atoms with Crippen LogP contribution in [0.5, 0.6) is 0 Å². The summed E-state index contributed by atoms with van der Waals surface area (Å²) in [7, 11) is 3.46. The van der Waals surface area contributed by atoms with Crippen molar-refractivity contribution in [3.8, 4) is 0 Å². The Morgan fingerprint density at radius 1 is 1.37 bits per heavy atom. The maximum absolute atomic E-state index is 12.6. The second kappa shape index (κ2) is 8.39. The summed E-state index contributed by atoms with van der Waals surface area (Å²) in [5.74, 6) is -0.0419. The third-order valence-electron chi connectivity index (χ3n) is 5.53. The molecule has 0 radical (unpaired) electrons. The Balaban J connectivity index is 1.52. The summed E-state index contributed by atoms with van der Waals surface area (Å²) in [5, 5.41) is 4.31. The van der Waals surface area contributed by atoms with Gasteiger partial charge in [0.1, 0.15) is 12.3 Å². The molecule has 0 aliphatic carbocycles. The third kappa shape index (κ3) is 4.68. The van der Waals surface area contributed by atoms with Crippen LogP contribution in [0.25, 0.3) is 0 Å². The fraction of sp³-hybridized carbons (Fsp3) is 0.737. The van der Waals surface area contributed by atoms with Crippen LogP contribution in [-0.2, 0) is 20.8 Å². The molecule has 2 amide bonds. The smallest absolute Gasteiger partial charge is 0.274 e. The Morgan fingerprint density at radius 3 is 2.74 bits per heavy atom. The lowest BCUT2D eigenvalue weighted by Gasteiger charge is -2.45. The Bertz CT molecular complexity index is 664. The molecule has 1 unspecified atom stereocenters. The highest BCUT2D eigenvalue weighted by molar-refractivity contribution is 5.92. The van der Waals surface area contributed by atoms with E-state index >= 15 is 0 Å². The van der Waals surface area contributed by atoms with E-state index in [0.717, 1.165) is 32.2 Å². The van der Waals surface area contributed by atoms with Crippen molar-refractivity contribution in [3.63, 3.8) is 0 Å². The van der Waals surface area contributed by atoms with Gasteiger partial charge in [-0.05, 0) is 32.3 Å². The van der Waals surface area contributed by atoms with E-state index in [1.807, 2.05) is 18.0 Å². The van der Waals surface area contributed by atoms with Crippen molar-refractivity contribution < 1.29 is 19.1 Å². The van der Waals surface area contributed by atoms with E-state index in [4.69, 9.17) is 9.47 Å². The Labute approximate surface area is 160 Å². The second-order valence-corrected chi connectivity index (χ2v) is 7.59. The normalized spacial score (nSPS) is 22.0. The number of ether oxygens (including phenoxy) is 2. The minimum absolute atomic E-state index is 0.0164. The summed E-state index contributed by atoms with van der Waals surface area (Å²) in [4.78, 5) is 27.8. The average molecular weight is 378 g/mol. The first kappa shape index (κ1) is 19.8. The standard InChI is InChI=1S/C19H30N4O4/c1-4-23-9-5-16(20-23)18(25)22-10-7-19(8-11-22)13-15(6-12-27-19)26-14-17(24)21(2)3/h5,9,15H,4,6-8,10-14H2,1-3H3. The number of amides is 2. The van der Waals surface area contributed by atoms with Crippen LogP contribution in [0.1, 0.15) is 43.1 Å². The number of hydrogen-bond acceptors (Lipinski definition) is 5. The van der Waals surface area contributed by atoms with Gasteiger partial charge >= 0.3 is 0 Å². The Kier molecular flexibility index (Phi) is 6.16. The monoisotopic (exact) mass is 378 g/mol. The molecule has 3 heterocycles. The lowest BCUT2D eigenvalue weighted by atomic mass is 9.83. The van der Waals surface area contributed by atoms with E-state index in [2.05, 4.69) is 5.10 Å². The van der Waals surface area contributed by atoms with Crippen LogP contribution in [0.2, 0.25) is 0 Å². The van der Waals surface area contributed by atoms with Crippen molar-refractivity contribution in [2.45, 2.75) is 50.9 Å². The maximum atomic E-state index is 12.6. The summed E-state index contributed by atoms with van der Waals surface area (Å²) < 4.78 is 13.7. The molecule has 27 heavy (non-hydrogen) atoms. The fourth-order valence-electron chi connectivity index (χ4n) is 3.72. The molecule has 0 aromatic carbocycles. The molecule has 0 bridgehead atoms. The Morgan fingerprint density at radius 2 is 2.11 bits per heavy atom. The van der Waals surface area contributed by atoms with Crippen molar-refractivity contribution >= 4 is 11.8 Å². The van der Waals surface area contributed by atoms with Gasteiger partial charge in [-0.3, -0.25) is 14.3 Å². The highest BCUT2D eigenvalue weighted by atomic mass is 16.5. The summed E-state index contributed by atoms with van der Waals surface area (Å²) in [5.41, 5.74) is 0.254. The molecule has 2 saturated heterocycles. The average Bonchev–Trinajstić information content (AvgIpc) is 3.15. The molecule has 2 fully saturated rings. The number of nitrogens with zero attached hydrogens (tertiary/aromatic N) is 4. The zero-order valence-electron chi connectivity index (χ0n) is 16.5. The van der Waals surface area contributed by atoms with Crippen molar-refractivity contribution in [3.05, 3.63) is 18.0 Å². The molecule has 0 N–H and O–H groups in total. The van der Waals surface area contributed by atoms with Crippen LogP contribution in [0.4, 0.5) is 0 Å². The molecule has 1 aromatic heterocycles. The van der Waals surface area contributed by atoms with Gasteiger partial charge in [-0.15, -0.1) is 0 Å². The molecular weight excluding hydrogens is 348 g/mol. The number of aromatic nitrogens is 2. The van der Waals surface area contributed by atoms with Crippen molar-refractivity contribution in [2.24, 2.45) is 0 Å². The summed E-state index contributed by atoms with van der Waals surface area (Å²) in [6.45, 7) is 4.80. The number of likely N-dealkylation sites (tertiary alicyclic amines) is 1. The van der Waals surface area contributed by atoms with Crippen LogP contribution >= 0.6 is 0 Å². The van der Waals surface area contributed by atoms with E-state index in [0.29, 0.717) is 25.4 Å². The van der Waals surface area contributed by atoms with Crippen molar-refractivity contribution in [1.82, 2.24) is 19.6 Å². The SMILES string of the molecule is CCn1ccc(C(=O)N2CCC3(CC2)CC(OCC(=O)N(C)C)CCO3)n1. The van der Waals surface area contributed by atoms with Crippen LogP contribution in [0, 0.1) is 0 Å². The first-order chi connectivity index (χ1) is 12.9. The van der Waals surface area contributed by atoms with Gasteiger partial charge in [0.05, 0.1) is 11.7 Å². The molecule has 1 aromatic rings. The van der Waals surface area contributed by atoms with Gasteiger partial charge in [0, 0.05) is 53.0 Å². The van der Waals surface area contributed by atoms with E-state index < -0.39 is 0 Å². The highest BCUT2D eigenvalue weighted by Gasteiger charge is 2.42. The minimum atomic E-state index is -0.246. The quantitative estimate of drug-likeness (QED) is 0.769. The number of rotatable bonds is 5. The fourth-order valence-corrected chi connectivity index (χ4v) is 3.72. The van der Waals surface area contributed by atoms with Crippen LogP contribution in [0.3, 0.4) is 0 Å². The van der Waals surface area contributed by atoms with E-state index in [1.54, 1.807) is 29.7 Å². The van der Waals surface area contributed by atoms with Gasteiger partial charge in [-0.2, -0.15) is 5.10 Å². The highest BCUT2D eigenvalue weighted by Crippen LogP contribution is 2.36. The molecule has 3 rings (SSSR count). The number of hydrogen-bond donors (Lipinski definition) is 0. The summed E-state index contributed by atoms with van der Waals surface area (Å²) >= 11 is 0. The van der Waals surface area contributed by atoms with Gasteiger partial charge in [0.15, 0.2) is 0 Å². The van der Waals surface area contributed by atoms with E-state index in [9.17, 15) is 9.59 Å². The number of likely N-dealkylation sites (N-methyl/N-ethyl adjacent to an activating group) is 1.